The quantitative estimate of drug-likeness (QED) is 0.717. The number of aliphatic hydroxyl groups excluding tert-OH is 2. The van der Waals surface area contributed by atoms with Crippen molar-refractivity contribution in [1.82, 2.24) is 19.5 Å². The fourth-order valence-electron chi connectivity index (χ4n) is 2.57. The molecule has 1 aliphatic heterocycles. The van der Waals surface area contributed by atoms with Gasteiger partial charge in [0, 0.05) is 5.75 Å². The van der Waals surface area contributed by atoms with Crippen LogP contribution in [0.4, 0.5) is 5.82 Å². The highest BCUT2D eigenvalue weighted by molar-refractivity contribution is 7.99. The molecule has 4 atom stereocenters. The van der Waals surface area contributed by atoms with E-state index in [1.165, 1.54) is 12.7 Å². The molecule has 8 nitrogen and oxygen atoms in total. The summed E-state index contributed by atoms with van der Waals surface area (Å²) in [5.41, 5.74) is 6.70. The summed E-state index contributed by atoms with van der Waals surface area (Å²) in [6.07, 6.45) is -0.336. The zero-order chi connectivity index (χ0) is 16.6. The van der Waals surface area contributed by atoms with Crippen molar-refractivity contribution >= 4 is 28.7 Å². The van der Waals surface area contributed by atoms with E-state index in [1.54, 1.807) is 16.3 Å². The van der Waals surface area contributed by atoms with Crippen molar-refractivity contribution in [3.8, 4) is 0 Å². The lowest BCUT2D eigenvalue weighted by Gasteiger charge is -2.16. The molecule has 23 heavy (non-hydrogen) atoms. The van der Waals surface area contributed by atoms with Crippen LogP contribution in [0, 0.1) is 5.92 Å². The number of hydrogen-bond donors (Lipinski definition) is 3. The number of ether oxygens (including phenoxy) is 1. The van der Waals surface area contributed by atoms with Gasteiger partial charge in [-0.2, -0.15) is 11.8 Å². The van der Waals surface area contributed by atoms with Gasteiger partial charge in [0.05, 0.1) is 12.4 Å². The SMILES string of the molecule is CC(C)CSC[C@H]1O[C@@H](n2cnc3c(N)ncnc32)C(O)C1O. The fourth-order valence-corrected chi connectivity index (χ4v) is 3.69. The fraction of sp³-hybridized carbons (Fsp3) is 0.643. The molecule has 0 saturated carbocycles. The van der Waals surface area contributed by atoms with Gasteiger partial charge in [-0.15, -0.1) is 0 Å². The summed E-state index contributed by atoms with van der Waals surface area (Å²) in [6, 6.07) is 0. The third-order valence-corrected chi connectivity index (χ3v) is 5.20. The van der Waals surface area contributed by atoms with Gasteiger partial charge in [0.2, 0.25) is 0 Å². The highest BCUT2D eigenvalue weighted by atomic mass is 32.2. The van der Waals surface area contributed by atoms with Crippen molar-refractivity contribution in [3.63, 3.8) is 0 Å². The summed E-state index contributed by atoms with van der Waals surface area (Å²) < 4.78 is 7.45. The van der Waals surface area contributed by atoms with Crippen LogP contribution in [-0.4, -0.2) is 59.5 Å². The second-order valence-electron chi connectivity index (χ2n) is 6.06. The lowest BCUT2D eigenvalue weighted by Crippen LogP contribution is -2.32. The van der Waals surface area contributed by atoms with Crippen LogP contribution in [0.3, 0.4) is 0 Å². The predicted molar refractivity (Wildman–Crippen MR) is 87.8 cm³/mol. The maximum Gasteiger partial charge on any atom is 0.167 e. The molecular formula is C14H21N5O3S. The first-order valence-corrected chi connectivity index (χ1v) is 8.67. The number of aromatic nitrogens is 4. The van der Waals surface area contributed by atoms with Gasteiger partial charge in [-0.1, -0.05) is 13.8 Å². The van der Waals surface area contributed by atoms with E-state index in [9.17, 15) is 10.2 Å². The Morgan fingerprint density at radius 2 is 2.09 bits per heavy atom. The van der Waals surface area contributed by atoms with Crippen LogP contribution >= 0.6 is 11.8 Å². The molecule has 0 bridgehead atoms. The van der Waals surface area contributed by atoms with Crippen molar-refractivity contribution in [3.05, 3.63) is 12.7 Å². The lowest BCUT2D eigenvalue weighted by atomic mass is 10.1. The molecule has 0 amide bonds. The van der Waals surface area contributed by atoms with E-state index in [1.807, 2.05) is 0 Å². The summed E-state index contributed by atoms with van der Waals surface area (Å²) in [5.74, 6) is 2.43. The number of thioether (sulfide) groups is 1. The zero-order valence-electron chi connectivity index (χ0n) is 13.0. The molecule has 4 N–H and O–H groups in total. The van der Waals surface area contributed by atoms with Gasteiger partial charge in [0.15, 0.2) is 17.7 Å². The molecule has 3 rings (SSSR count). The van der Waals surface area contributed by atoms with Gasteiger partial charge in [-0.25, -0.2) is 15.0 Å². The van der Waals surface area contributed by atoms with E-state index in [0.29, 0.717) is 22.8 Å². The maximum absolute atomic E-state index is 10.3. The van der Waals surface area contributed by atoms with E-state index in [0.717, 1.165) is 5.75 Å². The molecule has 2 unspecified atom stereocenters. The van der Waals surface area contributed by atoms with Crippen LogP contribution in [0.1, 0.15) is 20.1 Å². The molecule has 1 saturated heterocycles. The van der Waals surface area contributed by atoms with Crippen molar-refractivity contribution in [2.45, 2.75) is 38.4 Å². The zero-order valence-corrected chi connectivity index (χ0v) is 13.8. The Bertz CT molecular complexity index is 679. The Kier molecular flexibility index (Phi) is 4.72. The predicted octanol–water partition coefficient (Wildman–Crippen LogP) is 0.417. The second-order valence-corrected chi connectivity index (χ2v) is 7.14. The number of nitrogens with two attached hydrogens (primary N) is 1. The average Bonchev–Trinajstić information content (AvgIpc) is 3.04. The van der Waals surface area contributed by atoms with E-state index < -0.39 is 24.5 Å². The Morgan fingerprint density at radius 3 is 2.83 bits per heavy atom. The van der Waals surface area contributed by atoms with Gasteiger partial charge >= 0.3 is 0 Å². The number of imidazole rings is 1. The molecule has 0 spiro atoms. The van der Waals surface area contributed by atoms with E-state index in [-0.39, 0.29) is 5.82 Å². The monoisotopic (exact) mass is 339 g/mol. The Morgan fingerprint density at radius 1 is 1.30 bits per heavy atom. The van der Waals surface area contributed by atoms with Crippen LogP contribution in [0.5, 0.6) is 0 Å². The average molecular weight is 339 g/mol. The third-order valence-electron chi connectivity index (χ3n) is 3.73. The maximum atomic E-state index is 10.3. The summed E-state index contributed by atoms with van der Waals surface area (Å²) in [7, 11) is 0. The number of aliphatic hydroxyl groups is 2. The van der Waals surface area contributed by atoms with Gasteiger partial charge in [0.25, 0.3) is 0 Å². The van der Waals surface area contributed by atoms with Crippen molar-refractivity contribution in [1.29, 1.82) is 0 Å². The molecular weight excluding hydrogens is 318 g/mol. The van der Waals surface area contributed by atoms with Gasteiger partial charge in [-0.3, -0.25) is 4.57 Å². The Balaban J connectivity index is 1.78. The number of anilines is 1. The number of nitrogen functional groups attached to an aromatic ring is 1. The smallest absolute Gasteiger partial charge is 0.167 e. The van der Waals surface area contributed by atoms with E-state index in [4.69, 9.17) is 10.5 Å². The van der Waals surface area contributed by atoms with Crippen molar-refractivity contribution in [2.24, 2.45) is 5.92 Å². The molecule has 1 fully saturated rings. The van der Waals surface area contributed by atoms with Crippen molar-refractivity contribution < 1.29 is 14.9 Å². The first-order chi connectivity index (χ1) is 11.0. The standard InChI is InChI=1S/C14H21N5O3S/c1-7(2)3-23-4-8-10(20)11(21)14(22-8)19-6-18-9-12(15)16-5-17-13(9)19/h5-8,10-11,14,20-21H,3-4H2,1-2H3,(H2,15,16,17)/t8-,10?,11?,14-/m1/s1. The summed E-state index contributed by atoms with van der Waals surface area (Å²) in [5, 5.41) is 20.6. The minimum atomic E-state index is -1.05. The summed E-state index contributed by atoms with van der Waals surface area (Å²) >= 11 is 1.70. The minimum Gasteiger partial charge on any atom is -0.387 e. The number of fused-ring (bicyclic) bond motifs is 1. The molecule has 0 aromatic carbocycles. The number of rotatable bonds is 5. The number of hydrogen-bond acceptors (Lipinski definition) is 8. The highest BCUT2D eigenvalue weighted by Crippen LogP contribution is 2.33. The topological polar surface area (TPSA) is 119 Å². The Hall–Kier alpha value is -1.42. The normalized spacial score (nSPS) is 28.0. The van der Waals surface area contributed by atoms with Crippen LogP contribution in [0.15, 0.2) is 12.7 Å². The molecule has 3 heterocycles. The molecule has 0 radical (unpaired) electrons. The third kappa shape index (κ3) is 3.14. The van der Waals surface area contributed by atoms with Crippen LogP contribution in [-0.2, 0) is 4.74 Å². The highest BCUT2D eigenvalue weighted by Gasteiger charge is 2.44. The summed E-state index contributed by atoms with van der Waals surface area (Å²) in [4.78, 5) is 12.2. The van der Waals surface area contributed by atoms with Crippen LogP contribution < -0.4 is 5.73 Å². The Labute approximate surface area is 138 Å². The molecule has 9 heteroatoms. The van der Waals surface area contributed by atoms with Gasteiger partial charge in [-0.05, 0) is 11.7 Å². The van der Waals surface area contributed by atoms with Crippen molar-refractivity contribution in [2.75, 3.05) is 17.2 Å². The lowest BCUT2D eigenvalue weighted by molar-refractivity contribution is -0.0289. The first-order valence-electron chi connectivity index (χ1n) is 7.51. The van der Waals surface area contributed by atoms with Gasteiger partial charge in [0.1, 0.15) is 24.1 Å². The second kappa shape index (κ2) is 6.60. The van der Waals surface area contributed by atoms with E-state index >= 15 is 0 Å². The molecule has 1 aliphatic rings. The minimum absolute atomic E-state index is 0.269. The van der Waals surface area contributed by atoms with Crippen LogP contribution in [0.2, 0.25) is 0 Å². The molecule has 0 aliphatic carbocycles. The molecule has 2 aromatic heterocycles. The van der Waals surface area contributed by atoms with Crippen LogP contribution in [0.25, 0.3) is 11.2 Å². The molecule has 126 valence electrons. The van der Waals surface area contributed by atoms with E-state index in [2.05, 4.69) is 28.8 Å². The summed E-state index contributed by atoms with van der Waals surface area (Å²) in [6.45, 7) is 4.27. The molecule has 2 aromatic rings. The largest absolute Gasteiger partial charge is 0.387 e. The van der Waals surface area contributed by atoms with Gasteiger partial charge < -0.3 is 20.7 Å². The first kappa shape index (κ1) is 16.4. The number of nitrogens with zero attached hydrogens (tertiary/aromatic N) is 4.